The minimum atomic E-state index is -1.40. The number of phenolic OH excluding ortho intramolecular Hbond substituents is 2. The molecule has 2 rings (SSSR count). The van der Waals surface area contributed by atoms with Gasteiger partial charge >= 0.3 is 5.97 Å². The molecule has 0 saturated carbocycles. The maximum absolute atomic E-state index is 13.1. The van der Waals surface area contributed by atoms with Crippen molar-refractivity contribution in [1.82, 2.24) is 0 Å². The van der Waals surface area contributed by atoms with E-state index in [1.165, 1.54) is 0 Å². The molecule has 6 nitrogen and oxygen atoms in total. The van der Waals surface area contributed by atoms with E-state index in [9.17, 15) is 25.2 Å². The minimum absolute atomic E-state index is 0.125. The number of carboxylic acids is 1. The topological polar surface area (TPSA) is 118 Å². The maximum atomic E-state index is 13.1. The van der Waals surface area contributed by atoms with E-state index in [1.54, 1.807) is 6.92 Å². The smallest absolute Gasteiger partial charge is 0.318 e. The van der Waals surface area contributed by atoms with Crippen molar-refractivity contribution in [3.8, 4) is 11.5 Å². The van der Waals surface area contributed by atoms with Crippen LogP contribution in [0.15, 0.2) is 24.3 Å². The van der Waals surface area contributed by atoms with Crippen LogP contribution in [0, 0.1) is 0 Å². The number of carbonyl (C=O) groups is 1. The Morgan fingerprint density at radius 3 is 0.930 bits per heavy atom. The number of hydrogen-bond acceptors (Lipinski definition) is 5. The van der Waals surface area contributed by atoms with Crippen molar-refractivity contribution in [3.63, 3.8) is 0 Å². The second-order valence-electron chi connectivity index (χ2n) is 16.4. The molecule has 0 heterocycles. The molecule has 0 aliphatic carbocycles. The number of aliphatic hydroxyl groups is 2. The number of phenols is 2. The van der Waals surface area contributed by atoms with Crippen LogP contribution in [0.2, 0.25) is 0 Å². The van der Waals surface area contributed by atoms with Gasteiger partial charge in [-0.05, 0) is 74.8 Å². The van der Waals surface area contributed by atoms with Crippen LogP contribution in [0.1, 0.15) is 150 Å². The van der Waals surface area contributed by atoms with Crippen LogP contribution in [0.3, 0.4) is 0 Å². The third-order valence-corrected chi connectivity index (χ3v) is 8.64. The fraction of sp³-hybridized carbons (Fsp3) is 0.649. The molecule has 6 heteroatoms. The van der Waals surface area contributed by atoms with Crippen LogP contribution in [-0.2, 0) is 31.9 Å². The van der Waals surface area contributed by atoms with Crippen molar-refractivity contribution in [2.45, 2.75) is 149 Å². The van der Waals surface area contributed by atoms with Crippen LogP contribution in [-0.4, -0.2) is 43.7 Å². The van der Waals surface area contributed by atoms with Crippen molar-refractivity contribution < 1.29 is 30.3 Å². The van der Waals surface area contributed by atoms with Gasteiger partial charge in [-0.15, -0.1) is 0 Å². The molecule has 0 aromatic heterocycles. The SMILES string of the molecule is CC(C)(C)c1cc(C(C)(C(=O)O)c2cc(C(C)(C)C)c(O)c(C(C)(C)C)c2)cc(C(C)(C)C)c1O.CCC(O)(CC)CO. The van der Waals surface area contributed by atoms with Gasteiger partial charge in [0, 0.05) is 0 Å². The van der Waals surface area contributed by atoms with Crippen LogP contribution in [0.4, 0.5) is 0 Å². The van der Waals surface area contributed by atoms with E-state index in [4.69, 9.17) is 5.11 Å². The molecule has 0 aliphatic heterocycles. The molecule has 0 saturated heterocycles. The molecule has 43 heavy (non-hydrogen) atoms. The summed E-state index contributed by atoms with van der Waals surface area (Å²) in [5.41, 5.74) is 0.340. The number of aromatic hydroxyl groups is 2. The van der Waals surface area contributed by atoms with Crippen molar-refractivity contribution in [2.75, 3.05) is 6.61 Å². The van der Waals surface area contributed by atoms with Gasteiger partial charge in [-0.1, -0.05) is 121 Å². The lowest BCUT2D eigenvalue weighted by atomic mass is 9.68. The van der Waals surface area contributed by atoms with Crippen LogP contribution in [0.25, 0.3) is 0 Å². The van der Waals surface area contributed by atoms with E-state index in [0.717, 1.165) is 22.3 Å². The average Bonchev–Trinajstić information content (AvgIpc) is 2.85. The predicted molar refractivity (Wildman–Crippen MR) is 178 cm³/mol. The third-order valence-electron chi connectivity index (χ3n) is 8.64. The van der Waals surface area contributed by atoms with E-state index in [0.29, 0.717) is 24.0 Å². The Labute approximate surface area is 261 Å². The Bertz CT molecular complexity index is 1110. The lowest BCUT2D eigenvalue weighted by Gasteiger charge is -2.35. The van der Waals surface area contributed by atoms with Crippen molar-refractivity contribution >= 4 is 5.97 Å². The van der Waals surface area contributed by atoms with Crippen LogP contribution < -0.4 is 0 Å². The largest absolute Gasteiger partial charge is 0.507 e. The van der Waals surface area contributed by atoms with E-state index in [2.05, 4.69) is 0 Å². The van der Waals surface area contributed by atoms with Crippen molar-refractivity contribution in [3.05, 3.63) is 57.6 Å². The van der Waals surface area contributed by atoms with Crippen molar-refractivity contribution in [1.29, 1.82) is 0 Å². The highest BCUT2D eigenvalue weighted by atomic mass is 16.4. The number of benzene rings is 2. The number of rotatable bonds is 6. The lowest BCUT2D eigenvalue weighted by molar-refractivity contribution is -0.141. The first-order chi connectivity index (χ1) is 19.1. The molecule has 2 aromatic rings. The number of aliphatic carboxylic acids is 1. The zero-order valence-corrected chi connectivity index (χ0v) is 29.6. The molecule has 5 N–H and O–H groups in total. The van der Waals surface area contributed by atoms with Gasteiger partial charge in [-0.3, -0.25) is 4.79 Å². The zero-order chi connectivity index (χ0) is 34.1. The average molecular weight is 601 g/mol. The molecular formula is C37H60O6. The van der Waals surface area contributed by atoms with Gasteiger partial charge in [0.05, 0.1) is 12.2 Å². The fourth-order valence-electron chi connectivity index (χ4n) is 5.02. The summed E-state index contributed by atoms with van der Waals surface area (Å²) in [6.07, 6.45) is 1.25. The Kier molecular flexibility index (Phi) is 11.5. The number of carboxylic acid groups (broad SMARTS) is 1. The van der Waals surface area contributed by atoms with Gasteiger partial charge in [0.25, 0.3) is 0 Å². The van der Waals surface area contributed by atoms with E-state index in [1.807, 2.05) is 121 Å². The second kappa shape index (κ2) is 12.8. The summed E-state index contributed by atoms with van der Waals surface area (Å²) < 4.78 is 0. The monoisotopic (exact) mass is 600 g/mol. The summed E-state index contributed by atoms with van der Waals surface area (Å²) in [6, 6.07) is 7.39. The van der Waals surface area contributed by atoms with Gasteiger partial charge in [-0.25, -0.2) is 0 Å². The minimum Gasteiger partial charge on any atom is -0.507 e. The standard InChI is InChI=1S/C31H46O4.C6H14O2/c1-27(2,3)20-14-18(15-21(24(20)32)28(4,5)6)31(13,26(34)35)19-16-22(29(7,8)9)25(33)23(17-19)30(10,11)12;1-3-6(8,4-2)5-7/h14-17,32-33H,1-13H3,(H,34,35);7-8H,3-5H2,1-2H3. The van der Waals surface area contributed by atoms with Gasteiger partial charge < -0.3 is 25.5 Å². The van der Waals surface area contributed by atoms with E-state index in [-0.39, 0.29) is 39.8 Å². The fourth-order valence-corrected chi connectivity index (χ4v) is 5.02. The zero-order valence-electron chi connectivity index (χ0n) is 29.6. The highest BCUT2D eigenvalue weighted by Gasteiger charge is 2.42. The van der Waals surface area contributed by atoms with Gasteiger partial charge in [-0.2, -0.15) is 0 Å². The molecule has 0 bridgehead atoms. The van der Waals surface area contributed by atoms with E-state index >= 15 is 0 Å². The summed E-state index contributed by atoms with van der Waals surface area (Å²) in [5, 5.41) is 50.9. The Morgan fingerprint density at radius 1 is 0.581 bits per heavy atom. The molecule has 0 radical (unpaired) electrons. The summed E-state index contributed by atoms with van der Waals surface area (Å²) in [4.78, 5) is 13.1. The molecule has 0 unspecified atom stereocenters. The molecule has 244 valence electrons. The number of aliphatic hydroxyl groups excluding tert-OH is 1. The highest BCUT2D eigenvalue weighted by Crippen LogP contribution is 2.47. The molecule has 2 aromatic carbocycles. The molecule has 0 atom stereocenters. The summed E-state index contributed by atoms with van der Waals surface area (Å²) in [6.45, 7) is 29.6. The Balaban J connectivity index is 0.00000101. The highest BCUT2D eigenvalue weighted by molar-refractivity contribution is 5.86. The predicted octanol–water partition coefficient (Wildman–Crippen LogP) is 8.21. The Morgan fingerprint density at radius 2 is 0.814 bits per heavy atom. The first kappa shape index (κ1) is 38.5. The normalized spacial score (nSPS) is 13.4. The van der Waals surface area contributed by atoms with Gasteiger partial charge in [0.15, 0.2) is 0 Å². The second-order valence-corrected chi connectivity index (χ2v) is 16.4. The molecule has 0 aliphatic rings. The summed E-state index contributed by atoms with van der Waals surface area (Å²) in [5.74, 6) is -0.538. The quantitative estimate of drug-likeness (QED) is 0.228. The first-order valence-electron chi connectivity index (χ1n) is 15.4. The van der Waals surface area contributed by atoms with Crippen LogP contribution in [0.5, 0.6) is 11.5 Å². The molecule has 0 fully saturated rings. The van der Waals surface area contributed by atoms with E-state index < -0.39 is 17.0 Å². The van der Waals surface area contributed by atoms with Crippen molar-refractivity contribution in [2.24, 2.45) is 0 Å². The Hall–Kier alpha value is -2.57. The van der Waals surface area contributed by atoms with Gasteiger partial charge in [0.1, 0.15) is 16.9 Å². The molecule has 0 spiro atoms. The lowest BCUT2D eigenvalue weighted by Crippen LogP contribution is -2.36. The molecule has 0 amide bonds. The first-order valence-corrected chi connectivity index (χ1v) is 15.4. The van der Waals surface area contributed by atoms with Gasteiger partial charge in [0.2, 0.25) is 0 Å². The van der Waals surface area contributed by atoms with Crippen LogP contribution >= 0.6 is 0 Å². The summed E-state index contributed by atoms with van der Waals surface area (Å²) >= 11 is 0. The third kappa shape index (κ3) is 8.54. The summed E-state index contributed by atoms with van der Waals surface area (Å²) in [7, 11) is 0. The molecular weight excluding hydrogens is 540 g/mol. The number of hydrogen-bond donors (Lipinski definition) is 5. The maximum Gasteiger partial charge on any atom is 0.318 e.